The zero-order valence-electron chi connectivity index (χ0n) is 17.5. The Kier molecular flexibility index (Phi) is 5.94. The van der Waals surface area contributed by atoms with E-state index < -0.39 is 43.2 Å². The number of esters is 1. The molecular formula is C22H24N2O5Si. The van der Waals surface area contributed by atoms with Gasteiger partial charge in [0.05, 0.1) is 18.6 Å². The number of nitrogens with zero attached hydrogens (tertiary/aromatic N) is 2. The highest BCUT2D eigenvalue weighted by Gasteiger charge is 2.47. The summed E-state index contributed by atoms with van der Waals surface area (Å²) >= 11 is 0. The second kappa shape index (κ2) is 8.28. The molecule has 0 N–H and O–H groups in total. The first-order valence-corrected chi connectivity index (χ1v) is 13.3. The third-order valence-electron chi connectivity index (χ3n) is 4.61. The van der Waals surface area contributed by atoms with Crippen LogP contribution in [0.1, 0.15) is 35.3 Å². The number of rotatable bonds is 4. The summed E-state index contributed by atoms with van der Waals surface area (Å²) in [6.45, 7) is 8.05. The van der Waals surface area contributed by atoms with E-state index in [2.05, 4.69) is 11.5 Å². The van der Waals surface area contributed by atoms with E-state index in [0.717, 1.165) is 0 Å². The summed E-state index contributed by atoms with van der Waals surface area (Å²) in [4.78, 5) is 51.1. The topological polar surface area (TPSA) is 87.4 Å². The molecule has 1 aromatic carbocycles. The lowest BCUT2D eigenvalue weighted by Gasteiger charge is -2.11. The van der Waals surface area contributed by atoms with E-state index in [4.69, 9.17) is 4.74 Å². The Hall–Kier alpha value is -3.18. The predicted molar refractivity (Wildman–Crippen MR) is 115 cm³/mol. The van der Waals surface area contributed by atoms with Crippen LogP contribution in [0.4, 0.5) is 0 Å². The molecule has 3 rings (SSSR count). The van der Waals surface area contributed by atoms with Crippen LogP contribution in [-0.2, 0) is 9.53 Å². The van der Waals surface area contributed by atoms with Gasteiger partial charge in [-0.15, -0.1) is 5.54 Å². The summed E-state index contributed by atoms with van der Waals surface area (Å²) < 4.78 is 6.93. The quantitative estimate of drug-likeness (QED) is 0.426. The molecule has 0 saturated heterocycles. The summed E-state index contributed by atoms with van der Waals surface area (Å²) in [5, 5.41) is 0. The first-order valence-electron chi connectivity index (χ1n) is 9.82. The van der Waals surface area contributed by atoms with Crippen molar-refractivity contribution < 1.29 is 14.3 Å². The third-order valence-corrected chi connectivity index (χ3v) is 5.49. The largest absolute Gasteiger partial charge is 0.466 e. The van der Waals surface area contributed by atoms with Crippen LogP contribution in [0, 0.1) is 17.4 Å². The molecule has 1 aliphatic carbocycles. The molecule has 2 atom stereocenters. The SMILES string of the molecule is CCOC(=O)[C@@H]1C[C@H]1n1cc(C#C[Si](C)(C)C)c(=O)n(C(=O)c2ccccc2)c1=O. The molecule has 1 heterocycles. The summed E-state index contributed by atoms with van der Waals surface area (Å²) in [5.41, 5.74) is 1.87. The fourth-order valence-electron chi connectivity index (χ4n) is 3.03. The summed E-state index contributed by atoms with van der Waals surface area (Å²) in [6, 6.07) is 7.67. The Balaban J connectivity index is 2.15. The van der Waals surface area contributed by atoms with Crippen LogP contribution in [0.3, 0.4) is 0 Å². The van der Waals surface area contributed by atoms with Crippen molar-refractivity contribution in [3.8, 4) is 11.5 Å². The van der Waals surface area contributed by atoms with Gasteiger partial charge in [0.2, 0.25) is 0 Å². The molecule has 1 saturated carbocycles. The van der Waals surface area contributed by atoms with Gasteiger partial charge in [-0.25, -0.2) is 4.79 Å². The molecule has 0 bridgehead atoms. The fraction of sp³-hybridized carbons (Fsp3) is 0.364. The van der Waals surface area contributed by atoms with Crippen molar-refractivity contribution in [1.29, 1.82) is 0 Å². The summed E-state index contributed by atoms with van der Waals surface area (Å²) in [7, 11) is -1.81. The molecule has 156 valence electrons. The highest BCUT2D eigenvalue weighted by Crippen LogP contribution is 2.43. The van der Waals surface area contributed by atoms with E-state index in [0.29, 0.717) is 11.0 Å². The fourth-order valence-corrected chi connectivity index (χ4v) is 3.54. The lowest BCUT2D eigenvalue weighted by Crippen LogP contribution is -2.44. The maximum atomic E-state index is 13.1. The first kappa shape index (κ1) is 21.5. The average molecular weight is 425 g/mol. The van der Waals surface area contributed by atoms with E-state index in [9.17, 15) is 19.2 Å². The molecule has 2 aromatic rings. The monoisotopic (exact) mass is 424 g/mol. The highest BCUT2D eigenvalue weighted by molar-refractivity contribution is 6.83. The standard InChI is InChI=1S/C22H24N2O5Si/c1-5-29-21(27)17-13-18(17)23-14-16(11-12-30(2,3)4)20(26)24(22(23)28)19(25)15-9-7-6-8-10-15/h6-10,14,17-18H,5,13H2,1-4H3/t17-,18-/m1/s1. The van der Waals surface area contributed by atoms with E-state index in [1.165, 1.54) is 22.9 Å². The van der Waals surface area contributed by atoms with Crippen LogP contribution in [0.5, 0.6) is 0 Å². The van der Waals surface area contributed by atoms with E-state index in [1.54, 1.807) is 25.1 Å². The smallest absolute Gasteiger partial charge is 0.338 e. The van der Waals surface area contributed by atoms with Gasteiger partial charge in [0.1, 0.15) is 13.6 Å². The number of ether oxygens (including phenoxy) is 1. The molecule has 1 aliphatic rings. The Morgan fingerprint density at radius 2 is 1.83 bits per heavy atom. The Bertz CT molecular complexity index is 1160. The predicted octanol–water partition coefficient (Wildman–Crippen LogP) is 2.05. The molecule has 30 heavy (non-hydrogen) atoms. The van der Waals surface area contributed by atoms with Gasteiger partial charge in [0.15, 0.2) is 0 Å². The van der Waals surface area contributed by atoms with Crippen LogP contribution in [-0.4, -0.2) is 35.7 Å². The molecule has 0 spiro atoms. The van der Waals surface area contributed by atoms with Gasteiger partial charge in [0, 0.05) is 11.8 Å². The second-order valence-electron chi connectivity index (χ2n) is 8.21. The van der Waals surface area contributed by atoms with Gasteiger partial charge < -0.3 is 4.74 Å². The van der Waals surface area contributed by atoms with Crippen molar-refractivity contribution in [2.75, 3.05) is 6.61 Å². The molecule has 8 heteroatoms. The van der Waals surface area contributed by atoms with Gasteiger partial charge in [-0.1, -0.05) is 43.8 Å². The minimum Gasteiger partial charge on any atom is -0.466 e. The van der Waals surface area contributed by atoms with Crippen molar-refractivity contribution in [3.63, 3.8) is 0 Å². The van der Waals surface area contributed by atoms with Crippen LogP contribution in [0.25, 0.3) is 0 Å². The normalized spacial score (nSPS) is 17.6. The second-order valence-corrected chi connectivity index (χ2v) is 13.0. The maximum Gasteiger partial charge on any atom is 0.338 e. The van der Waals surface area contributed by atoms with Gasteiger partial charge in [0.25, 0.3) is 11.5 Å². The van der Waals surface area contributed by atoms with Crippen molar-refractivity contribution in [2.45, 2.75) is 39.0 Å². The molecule has 7 nitrogen and oxygen atoms in total. The molecular weight excluding hydrogens is 400 g/mol. The first-order chi connectivity index (χ1) is 14.1. The van der Waals surface area contributed by atoms with Crippen molar-refractivity contribution in [2.24, 2.45) is 5.92 Å². The minimum atomic E-state index is -1.81. The van der Waals surface area contributed by atoms with Gasteiger partial charge >= 0.3 is 11.7 Å². The molecule has 0 amide bonds. The van der Waals surface area contributed by atoms with Crippen molar-refractivity contribution in [1.82, 2.24) is 9.13 Å². The Morgan fingerprint density at radius 3 is 2.43 bits per heavy atom. The number of carbonyl (C=O) groups is 2. The summed E-state index contributed by atoms with van der Waals surface area (Å²) in [5.74, 6) is 1.28. The minimum absolute atomic E-state index is 0.0656. The lowest BCUT2D eigenvalue weighted by atomic mass is 10.2. The number of benzene rings is 1. The van der Waals surface area contributed by atoms with E-state index in [1.807, 2.05) is 19.6 Å². The van der Waals surface area contributed by atoms with Gasteiger partial charge in [-0.2, -0.15) is 4.57 Å². The molecule has 0 unspecified atom stereocenters. The number of aromatic nitrogens is 2. The molecule has 1 fully saturated rings. The van der Waals surface area contributed by atoms with Crippen molar-refractivity contribution >= 4 is 20.0 Å². The van der Waals surface area contributed by atoms with E-state index >= 15 is 0 Å². The molecule has 0 aliphatic heterocycles. The average Bonchev–Trinajstić information content (AvgIpc) is 3.48. The number of hydrogen-bond acceptors (Lipinski definition) is 5. The Morgan fingerprint density at radius 1 is 1.17 bits per heavy atom. The van der Waals surface area contributed by atoms with Crippen LogP contribution >= 0.6 is 0 Å². The van der Waals surface area contributed by atoms with Crippen LogP contribution < -0.4 is 11.2 Å². The van der Waals surface area contributed by atoms with Gasteiger partial charge in [-0.05, 0) is 25.5 Å². The molecule has 1 aromatic heterocycles. The Labute approximate surface area is 175 Å². The maximum absolute atomic E-state index is 13.1. The third kappa shape index (κ3) is 4.52. The van der Waals surface area contributed by atoms with Crippen LogP contribution in [0.15, 0.2) is 46.1 Å². The van der Waals surface area contributed by atoms with Crippen LogP contribution in [0.2, 0.25) is 19.6 Å². The number of carbonyl (C=O) groups excluding carboxylic acids is 2. The highest BCUT2D eigenvalue weighted by atomic mass is 28.3. The zero-order valence-corrected chi connectivity index (χ0v) is 18.5. The summed E-state index contributed by atoms with van der Waals surface area (Å²) in [6.07, 6.45) is 1.79. The lowest BCUT2D eigenvalue weighted by molar-refractivity contribution is -0.144. The number of hydrogen-bond donors (Lipinski definition) is 0. The van der Waals surface area contributed by atoms with E-state index in [-0.39, 0.29) is 17.7 Å². The van der Waals surface area contributed by atoms with Gasteiger partial charge in [-0.3, -0.25) is 19.0 Å². The van der Waals surface area contributed by atoms with Crippen molar-refractivity contribution in [3.05, 3.63) is 68.5 Å². The molecule has 0 radical (unpaired) electrons. The zero-order chi connectivity index (χ0) is 22.1.